The Bertz CT molecular complexity index is 923. The Labute approximate surface area is 165 Å². The summed E-state index contributed by atoms with van der Waals surface area (Å²) in [6, 6.07) is 10.8. The molecule has 4 nitrogen and oxygen atoms in total. The molecule has 0 saturated heterocycles. The number of rotatable bonds is 7. The largest absolute Gasteiger partial charge is 0.497 e. The van der Waals surface area contributed by atoms with Gasteiger partial charge < -0.3 is 13.9 Å². The van der Waals surface area contributed by atoms with Crippen LogP contribution in [0.25, 0.3) is 11.0 Å². The third-order valence-corrected chi connectivity index (χ3v) is 5.39. The van der Waals surface area contributed by atoms with Crippen molar-refractivity contribution >= 4 is 51.9 Å². The quantitative estimate of drug-likeness (QED) is 0.287. The molecule has 1 aromatic heterocycles. The predicted molar refractivity (Wildman–Crippen MR) is 105 cm³/mol. The smallest absolute Gasteiger partial charge is 0.310 e. The SMILES string of the molecule is COc1ccc2c(CC(=O)OCCSc3cc(Cl)ccc3Cl)coc2c1. The van der Waals surface area contributed by atoms with E-state index in [0.29, 0.717) is 27.1 Å². The van der Waals surface area contributed by atoms with Gasteiger partial charge in [-0.15, -0.1) is 11.8 Å². The molecule has 0 aliphatic heterocycles. The summed E-state index contributed by atoms with van der Waals surface area (Å²) < 4.78 is 15.9. The average Bonchev–Trinajstić information content (AvgIpc) is 3.03. The van der Waals surface area contributed by atoms with Crippen molar-refractivity contribution in [3.05, 3.63) is 58.3 Å². The average molecular weight is 411 g/mol. The van der Waals surface area contributed by atoms with E-state index < -0.39 is 0 Å². The van der Waals surface area contributed by atoms with Gasteiger partial charge in [0.05, 0.1) is 24.8 Å². The fourth-order valence-electron chi connectivity index (χ4n) is 2.43. The molecule has 0 atom stereocenters. The zero-order valence-electron chi connectivity index (χ0n) is 14.0. The molecule has 136 valence electrons. The highest BCUT2D eigenvalue weighted by Gasteiger charge is 2.12. The molecule has 0 saturated carbocycles. The van der Waals surface area contributed by atoms with Gasteiger partial charge in [-0.05, 0) is 30.3 Å². The molecule has 1 heterocycles. The molecule has 26 heavy (non-hydrogen) atoms. The van der Waals surface area contributed by atoms with Crippen molar-refractivity contribution < 1.29 is 18.7 Å². The number of hydrogen-bond acceptors (Lipinski definition) is 5. The molecule has 7 heteroatoms. The minimum atomic E-state index is -0.304. The van der Waals surface area contributed by atoms with Gasteiger partial charge in [0.1, 0.15) is 17.9 Å². The first-order valence-electron chi connectivity index (χ1n) is 7.84. The third-order valence-electron chi connectivity index (χ3n) is 3.69. The lowest BCUT2D eigenvalue weighted by molar-refractivity contribution is -0.142. The Morgan fingerprint density at radius 3 is 2.85 bits per heavy atom. The van der Waals surface area contributed by atoms with E-state index in [1.807, 2.05) is 12.1 Å². The number of methoxy groups -OCH3 is 1. The number of halogens is 2. The van der Waals surface area contributed by atoms with Crippen LogP contribution in [0.5, 0.6) is 5.75 Å². The molecule has 0 spiro atoms. The number of ether oxygens (including phenoxy) is 2. The summed E-state index contributed by atoms with van der Waals surface area (Å²) in [5, 5.41) is 2.13. The highest BCUT2D eigenvalue weighted by atomic mass is 35.5. The van der Waals surface area contributed by atoms with Crippen molar-refractivity contribution in [3.63, 3.8) is 0 Å². The molecule has 0 aliphatic carbocycles. The van der Waals surface area contributed by atoms with Crippen LogP contribution in [0.1, 0.15) is 5.56 Å². The van der Waals surface area contributed by atoms with Crippen LogP contribution in [-0.4, -0.2) is 25.4 Å². The van der Waals surface area contributed by atoms with Crippen molar-refractivity contribution in [2.24, 2.45) is 0 Å². The number of furan rings is 1. The van der Waals surface area contributed by atoms with Gasteiger partial charge in [0.15, 0.2) is 0 Å². The second-order valence-electron chi connectivity index (χ2n) is 5.44. The van der Waals surface area contributed by atoms with Crippen LogP contribution < -0.4 is 4.74 Å². The van der Waals surface area contributed by atoms with E-state index in [1.54, 1.807) is 37.6 Å². The van der Waals surface area contributed by atoms with E-state index in [2.05, 4.69) is 0 Å². The molecular weight excluding hydrogens is 395 g/mol. The van der Waals surface area contributed by atoms with Crippen LogP contribution in [0, 0.1) is 0 Å². The van der Waals surface area contributed by atoms with Crippen molar-refractivity contribution in [1.82, 2.24) is 0 Å². The lowest BCUT2D eigenvalue weighted by Gasteiger charge is -2.06. The van der Waals surface area contributed by atoms with Crippen LogP contribution >= 0.6 is 35.0 Å². The number of carbonyl (C=O) groups is 1. The fourth-order valence-corrected chi connectivity index (χ4v) is 3.75. The maximum Gasteiger partial charge on any atom is 0.310 e. The minimum absolute atomic E-state index is 0.155. The van der Waals surface area contributed by atoms with E-state index in [1.165, 1.54) is 11.8 Å². The zero-order chi connectivity index (χ0) is 18.5. The summed E-state index contributed by atoms with van der Waals surface area (Å²) in [6.07, 6.45) is 1.73. The normalized spacial score (nSPS) is 10.9. The van der Waals surface area contributed by atoms with E-state index in [4.69, 9.17) is 37.1 Å². The Hall–Kier alpha value is -1.82. The van der Waals surface area contributed by atoms with Crippen LogP contribution in [0.3, 0.4) is 0 Å². The third kappa shape index (κ3) is 4.67. The van der Waals surface area contributed by atoms with Gasteiger partial charge in [-0.2, -0.15) is 0 Å². The molecule has 0 radical (unpaired) electrons. The van der Waals surface area contributed by atoms with Crippen molar-refractivity contribution in [3.8, 4) is 5.75 Å². The van der Waals surface area contributed by atoms with E-state index in [9.17, 15) is 4.79 Å². The fraction of sp³-hybridized carbons (Fsp3) is 0.211. The summed E-state index contributed by atoms with van der Waals surface area (Å²) in [5.41, 5.74) is 1.47. The van der Waals surface area contributed by atoms with E-state index in [-0.39, 0.29) is 19.0 Å². The second kappa shape index (κ2) is 8.71. The Kier molecular flexibility index (Phi) is 6.35. The first-order chi connectivity index (χ1) is 12.6. The molecule has 2 aromatic carbocycles. The van der Waals surface area contributed by atoms with Crippen molar-refractivity contribution in [2.75, 3.05) is 19.5 Å². The predicted octanol–water partition coefficient (Wildman–Crippen LogP) is 5.63. The molecule has 3 aromatic rings. The Morgan fingerprint density at radius 1 is 1.19 bits per heavy atom. The highest BCUT2D eigenvalue weighted by molar-refractivity contribution is 7.99. The maximum atomic E-state index is 12.1. The van der Waals surface area contributed by atoms with Gasteiger partial charge in [0, 0.05) is 32.7 Å². The van der Waals surface area contributed by atoms with Crippen LogP contribution in [0.15, 0.2) is 52.0 Å². The van der Waals surface area contributed by atoms with Crippen molar-refractivity contribution in [2.45, 2.75) is 11.3 Å². The van der Waals surface area contributed by atoms with E-state index >= 15 is 0 Å². The highest BCUT2D eigenvalue weighted by Crippen LogP contribution is 2.30. The number of carbonyl (C=O) groups excluding carboxylic acids is 1. The van der Waals surface area contributed by atoms with Gasteiger partial charge in [-0.3, -0.25) is 4.79 Å². The van der Waals surface area contributed by atoms with Crippen LogP contribution in [0.2, 0.25) is 10.0 Å². The summed E-state index contributed by atoms with van der Waals surface area (Å²) in [6.45, 7) is 0.288. The molecule has 0 aliphatic rings. The lowest BCUT2D eigenvalue weighted by Crippen LogP contribution is -2.10. The van der Waals surface area contributed by atoms with Gasteiger partial charge in [0.2, 0.25) is 0 Å². The topological polar surface area (TPSA) is 48.7 Å². The Balaban J connectivity index is 1.51. The molecule has 0 amide bonds. The molecular formula is C19H16Cl2O4S. The minimum Gasteiger partial charge on any atom is -0.497 e. The van der Waals surface area contributed by atoms with Gasteiger partial charge in [0.25, 0.3) is 0 Å². The standard InChI is InChI=1S/C19H16Cl2O4S/c1-23-14-3-4-15-12(11-25-17(15)10-14)8-19(22)24-6-7-26-18-9-13(20)2-5-16(18)21/h2-5,9-11H,6-8H2,1H3. The van der Waals surface area contributed by atoms with Gasteiger partial charge in [-0.1, -0.05) is 23.2 Å². The summed E-state index contributed by atoms with van der Waals surface area (Å²) in [5.74, 6) is 0.994. The number of fused-ring (bicyclic) bond motifs is 1. The Morgan fingerprint density at radius 2 is 2.04 bits per heavy atom. The first-order valence-corrected chi connectivity index (χ1v) is 9.58. The zero-order valence-corrected chi connectivity index (χ0v) is 16.3. The second-order valence-corrected chi connectivity index (χ2v) is 7.42. The van der Waals surface area contributed by atoms with Crippen LogP contribution in [-0.2, 0) is 16.0 Å². The lowest BCUT2D eigenvalue weighted by atomic mass is 10.1. The monoisotopic (exact) mass is 410 g/mol. The maximum absolute atomic E-state index is 12.1. The van der Waals surface area contributed by atoms with Gasteiger partial charge in [-0.25, -0.2) is 0 Å². The van der Waals surface area contributed by atoms with Gasteiger partial charge >= 0.3 is 5.97 Å². The molecule has 0 bridgehead atoms. The molecule has 0 fully saturated rings. The first kappa shape index (κ1) is 19.0. The van der Waals surface area contributed by atoms with Crippen LogP contribution in [0.4, 0.5) is 0 Å². The number of benzene rings is 2. The number of thioether (sulfide) groups is 1. The number of hydrogen-bond donors (Lipinski definition) is 0. The summed E-state index contributed by atoms with van der Waals surface area (Å²) in [7, 11) is 1.59. The number of esters is 1. The van der Waals surface area contributed by atoms with Crippen molar-refractivity contribution in [1.29, 1.82) is 0 Å². The van der Waals surface area contributed by atoms with E-state index in [0.717, 1.165) is 15.8 Å². The summed E-state index contributed by atoms with van der Waals surface area (Å²) in [4.78, 5) is 12.9. The molecule has 3 rings (SSSR count). The molecule has 0 unspecified atom stereocenters. The molecule has 0 N–H and O–H groups in total. The summed E-state index contributed by atoms with van der Waals surface area (Å²) >= 11 is 13.5.